The first-order valence-corrected chi connectivity index (χ1v) is 8.91. The Morgan fingerprint density at radius 3 is 2.96 bits per heavy atom. The van der Waals surface area contributed by atoms with Gasteiger partial charge in [-0.1, -0.05) is 18.2 Å². The monoisotopic (exact) mass is 338 g/mol. The molecule has 1 aliphatic rings. The number of nitrogens with zero attached hydrogens (tertiary/aromatic N) is 2. The zero-order chi connectivity index (χ0) is 16.7. The Morgan fingerprint density at radius 1 is 1.33 bits per heavy atom. The number of thiazole rings is 1. The topological polar surface area (TPSA) is 46.3 Å². The lowest BCUT2D eigenvalue weighted by molar-refractivity contribution is -0.118. The maximum Gasteiger partial charge on any atom is 0.233 e. The summed E-state index contributed by atoms with van der Waals surface area (Å²) < 4.78 is 5.60. The van der Waals surface area contributed by atoms with Gasteiger partial charge in [-0.3, -0.25) is 4.79 Å². The van der Waals surface area contributed by atoms with Crippen molar-refractivity contribution in [3.8, 4) is 10.8 Å². The van der Waals surface area contributed by atoms with Crippen molar-refractivity contribution < 1.29 is 9.21 Å². The van der Waals surface area contributed by atoms with Gasteiger partial charge in [-0.25, -0.2) is 4.98 Å². The van der Waals surface area contributed by atoms with Gasteiger partial charge in [0.05, 0.1) is 12.1 Å². The van der Waals surface area contributed by atoms with Crippen molar-refractivity contribution in [2.75, 3.05) is 4.90 Å². The normalized spacial score (nSPS) is 16.4. The summed E-state index contributed by atoms with van der Waals surface area (Å²) in [7, 11) is 0. The molecule has 0 unspecified atom stereocenters. The highest BCUT2D eigenvalue weighted by atomic mass is 32.1. The van der Waals surface area contributed by atoms with Gasteiger partial charge in [0.1, 0.15) is 5.76 Å². The smallest absolute Gasteiger partial charge is 0.233 e. The van der Waals surface area contributed by atoms with Crippen LogP contribution in [0.1, 0.15) is 23.9 Å². The van der Waals surface area contributed by atoms with E-state index in [1.165, 1.54) is 16.9 Å². The fourth-order valence-electron chi connectivity index (χ4n) is 3.24. The van der Waals surface area contributed by atoms with Crippen LogP contribution in [0, 0.1) is 6.92 Å². The fourth-order valence-corrected chi connectivity index (χ4v) is 4.02. The van der Waals surface area contributed by atoms with E-state index in [0.717, 1.165) is 34.3 Å². The summed E-state index contributed by atoms with van der Waals surface area (Å²) in [6, 6.07) is 12.2. The van der Waals surface area contributed by atoms with Crippen LogP contribution in [0.25, 0.3) is 10.8 Å². The van der Waals surface area contributed by atoms with Gasteiger partial charge in [-0.2, -0.15) is 0 Å². The van der Waals surface area contributed by atoms with Crippen LogP contribution < -0.4 is 4.90 Å². The number of rotatable bonds is 3. The van der Waals surface area contributed by atoms with Gasteiger partial charge in [0, 0.05) is 17.1 Å². The van der Waals surface area contributed by atoms with Crippen LogP contribution >= 0.6 is 11.3 Å². The first-order chi connectivity index (χ1) is 11.6. The van der Waals surface area contributed by atoms with Gasteiger partial charge < -0.3 is 9.32 Å². The van der Waals surface area contributed by atoms with Crippen LogP contribution in [-0.2, 0) is 17.6 Å². The van der Waals surface area contributed by atoms with Crippen LogP contribution in [-0.4, -0.2) is 16.9 Å². The molecule has 24 heavy (non-hydrogen) atoms. The standard InChI is InChI=1S/C19H18N2O2S/c1-12-9-14-5-3-4-6-16(14)21(12)18(22)10-15-11-24-19(20-15)17-8-7-13(2)23-17/h3-8,11-12H,9-10H2,1-2H3/t12-/m1/s1. The molecule has 0 aliphatic carbocycles. The molecule has 122 valence electrons. The number of hydrogen-bond acceptors (Lipinski definition) is 4. The molecule has 2 aromatic heterocycles. The second-order valence-electron chi connectivity index (χ2n) is 6.18. The van der Waals surface area contributed by atoms with Crippen molar-refractivity contribution in [3.05, 3.63) is 58.8 Å². The van der Waals surface area contributed by atoms with Gasteiger partial charge in [0.2, 0.25) is 5.91 Å². The van der Waals surface area contributed by atoms with Gasteiger partial charge in [-0.05, 0) is 44.0 Å². The predicted molar refractivity (Wildman–Crippen MR) is 95.4 cm³/mol. The molecule has 4 rings (SSSR count). The summed E-state index contributed by atoms with van der Waals surface area (Å²) in [5, 5.41) is 2.76. The van der Waals surface area contributed by atoms with E-state index in [2.05, 4.69) is 18.0 Å². The summed E-state index contributed by atoms with van der Waals surface area (Å²) in [6.45, 7) is 4.00. The highest BCUT2D eigenvalue weighted by Crippen LogP contribution is 2.32. The molecule has 1 aliphatic heterocycles. The maximum atomic E-state index is 12.8. The number of furan rings is 1. The van der Waals surface area contributed by atoms with E-state index < -0.39 is 0 Å². The second kappa shape index (κ2) is 5.91. The highest BCUT2D eigenvalue weighted by Gasteiger charge is 2.30. The number of fused-ring (bicyclic) bond motifs is 1. The Hall–Kier alpha value is -2.40. The van der Waals surface area contributed by atoms with Crippen LogP contribution in [0.3, 0.4) is 0 Å². The van der Waals surface area contributed by atoms with Crippen LogP contribution in [0.15, 0.2) is 46.2 Å². The van der Waals surface area contributed by atoms with Gasteiger partial charge >= 0.3 is 0 Å². The number of aromatic nitrogens is 1. The van der Waals surface area contributed by atoms with Crippen LogP contribution in [0.2, 0.25) is 0 Å². The van der Waals surface area contributed by atoms with E-state index in [1.54, 1.807) is 0 Å². The number of anilines is 1. The molecular formula is C19H18N2O2S. The van der Waals surface area contributed by atoms with Crippen molar-refractivity contribution in [1.29, 1.82) is 0 Å². The number of amides is 1. The number of hydrogen-bond donors (Lipinski definition) is 0. The molecule has 0 saturated heterocycles. The summed E-state index contributed by atoms with van der Waals surface area (Å²) >= 11 is 1.51. The van der Waals surface area contributed by atoms with Gasteiger partial charge in [0.15, 0.2) is 10.8 Å². The molecule has 0 radical (unpaired) electrons. The minimum Gasteiger partial charge on any atom is -0.459 e. The Balaban J connectivity index is 1.54. The van der Waals surface area contributed by atoms with Crippen molar-refractivity contribution in [2.24, 2.45) is 0 Å². The van der Waals surface area contributed by atoms with Crippen molar-refractivity contribution in [2.45, 2.75) is 32.7 Å². The molecule has 5 heteroatoms. The van der Waals surface area contributed by atoms with Crippen molar-refractivity contribution in [1.82, 2.24) is 4.98 Å². The van der Waals surface area contributed by atoms with Gasteiger partial charge in [-0.15, -0.1) is 11.3 Å². The third kappa shape index (κ3) is 2.65. The molecule has 0 N–H and O–H groups in total. The summed E-state index contributed by atoms with van der Waals surface area (Å²) in [5.74, 6) is 1.72. The zero-order valence-electron chi connectivity index (χ0n) is 13.7. The molecule has 1 aromatic carbocycles. The maximum absolute atomic E-state index is 12.8. The quantitative estimate of drug-likeness (QED) is 0.718. The number of benzene rings is 1. The Kier molecular flexibility index (Phi) is 3.73. The minimum absolute atomic E-state index is 0.0972. The Labute approximate surface area is 144 Å². The molecule has 3 heterocycles. The van der Waals surface area contributed by atoms with E-state index >= 15 is 0 Å². The second-order valence-corrected chi connectivity index (χ2v) is 7.03. The Bertz CT molecular complexity index is 896. The number of para-hydroxylation sites is 1. The lowest BCUT2D eigenvalue weighted by Gasteiger charge is -2.22. The average molecular weight is 338 g/mol. The zero-order valence-corrected chi connectivity index (χ0v) is 14.5. The number of carbonyl (C=O) groups excluding carboxylic acids is 1. The molecule has 0 fully saturated rings. The predicted octanol–water partition coefficient (Wildman–Crippen LogP) is 4.23. The van der Waals surface area contributed by atoms with E-state index in [1.807, 2.05) is 47.5 Å². The molecule has 3 aromatic rings. The summed E-state index contributed by atoms with van der Waals surface area (Å²) in [4.78, 5) is 19.3. The first kappa shape index (κ1) is 15.1. The number of carbonyl (C=O) groups is 1. The highest BCUT2D eigenvalue weighted by molar-refractivity contribution is 7.13. The van der Waals surface area contributed by atoms with E-state index in [0.29, 0.717) is 6.42 Å². The van der Waals surface area contributed by atoms with E-state index in [-0.39, 0.29) is 11.9 Å². The van der Waals surface area contributed by atoms with E-state index in [9.17, 15) is 4.79 Å². The third-order valence-electron chi connectivity index (χ3n) is 4.31. The largest absolute Gasteiger partial charge is 0.459 e. The summed E-state index contributed by atoms with van der Waals surface area (Å²) in [6.07, 6.45) is 1.23. The SMILES string of the molecule is Cc1ccc(-c2nc(CC(=O)N3c4ccccc4C[C@H]3C)cs2)o1. The van der Waals surface area contributed by atoms with Crippen molar-refractivity contribution in [3.63, 3.8) is 0 Å². The molecule has 0 saturated carbocycles. The van der Waals surface area contributed by atoms with E-state index in [4.69, 9.17) is 4.42 Å². The molecule has 4 nitrogen and oxygen atoms in total. The number of aryl methyl sites for hydroxylation is 1. The lowest BCUT2D eigenvalue weighted by Crippen LogP contribution is -2.36. The van der Waals surface area contributed by atoms with Crippen molar-refractivity contribution >= 4 is 22.9 Å². The molecule has 0 bridgehead atoms. The first-order valence-electron chi connectivity index (χ1n) is 8.03. The van der Waals surface area contributed by atoms with Gasteiger partial charge in [0.25, 0.3) is 0 Å². The van der Waals surface area contributed by atoms with Crippen LogP contribution in [0.5, 0.6) is 0 Å². The fraction of sp³-hybridized carbons (Fsp3) is 0.263. The average Bonchev–Trinajstić information content (AvgIpc) is 3.24. The molecule has 0 spiro atoms. The molecule has 1 atom stereocenters. The Morgan fingerprint density at radius 2 is 2.17 bits per heavy atom. The minimum atomic E-state index is 0.0972. The summed E-state index contributed by atoms with van der Waals surface area (Å²) in [5.41, 5.74) is 3.07. The lowest BCUT2D eigenvalue weighted by atomic mass is 10.1. The third-order valence-corrected chi connectivity index (χ3v) is 5.22. The van der Waals surface area contributed by atoms with Crippen LogP contribution in [0.4, 0.5) is 5.69 Å². The molecular weight excluding hydrogens is 320 g/mol. The molecule has 1 amide bonds.